The van der Waals surface area contributed by atoms with Gasteiger partial charge in [0, 0.05) is 71.0 Å². The Hall–Kier alpha value is -13.8. The summed E-state index contributed by atoms with van der Waals surface area (Å²) in [6.07, 6.45) is 32.8. The fraction of sp³-hybridized carbons (Fsp3) is 0.143. The Kier molecular flexibility index (Phi) is 22.0. The highest BCUT2D eigenvalue weighted by molar-refractivity contribution is 5.80. The lowest BCUT2D eigenvalue weighted by atomic mass is 10.3. The molecule has 0 spiro atoms. The lowest BCUT2D eigenvalue weighted by molar-refractivity contribution is 1.12. The van der Waals surface area contributed by atoms with Crippen LogP contribution in [0.2, 0.25) is 0 Å². The average Bonchev–Trinajstić information content (AvgIpc) is 1.77. The van der Waals surface area contributed by atoms with Crippen molar-refractivity contribution in [1.29, 1.82) is 0 Å². The van der Waals surface area contributed by atoms with Crippen LogP contribution >= 0.6 is 0 Å². The molecule has 10 N–H and O–H groups in total. The molecule has 0 radical (unpaired) electrons. The molecule has 0 aromatic carbocycles. The van der Waals surface area contributed by atoms with Crippen molar-refractivity contribution < 1.29 is 0 Å². The number of H-pyrrole nitrogens is 10. The van der Waals surface area contributed by atoms with Gasteiger partial charge in [-0.1, -0.05) is 0 Å². The van der Waals surface area contributed by atoms with Gasteiger partial charge in [-0.15, -0.1) is 0 Å². The second-order valence-corrected chi connectivity index (χ2v) is 22.4. The Morgan fingerprint density at radius 1 is 0.270 bits per heavy atom. The number of rotatable bonds is 0. The smallest absolute Gasteiger partial charge is 0.177 e. The molecule has 20 aromatic heterocycles. The summed E-state index contributed by atoms with van der Waals surface area (Å²) >= 11 is 0. The van der Waals surface area contributed by atoms with E-state index in [-0.39, 0.29) is 0 Å². The Bertz CT molecular complexity index is 5050. The molecule has 0 saturated carbocycles. The van der Waals surface area contributed by atoms with Crippen LogP contribution in [0.3, 0.4) is 0 Å². The summed E-state index contributed by atoms with van der Waals surface area (Å²) in [4.78, 5) is 104. The van der Waals surface area contributed by atoms with Gasteiger partial charge in [-0.05, 0) is 158 Å². The van der Waals surface area contributed by atoms with Gasteiger partial charge in [0.15, 0.2) is 28.2 Å². The first-order valence-corrected chi connectivity index (χ1v) is 31.2. The number of nitrogens with zero attached hydrogens (tertiary/aromatic N) is 20. The summed E-state index contributed by atoms with van der Waals surface area (Å²) in [6, 6.07) is 21.6. The number of aromatic nitrogens is 30. The molecule has 0 aliphatic carbocycles. The monoisotopic (exact) mass is 1330 g/mol. The number of pyridine rings is 10. The fourth-order valence-electron chi connectivity index (χ4n) is 9.56. The van der Waals surface area contributed by atoms with Gasteiger partial charge in [0.05, 0.1) is 159 Å². The second kappa shape index (κ2) is 32.6. The van der Waals surface area contributed by atoms with Gasteiger partial charge in [0.25, 0.3) is 0 Å². The molecular formula is C70H70N30. The van der Waals surface area contributed by atoms with Crippen LogP contribution in [0.5, 0.6) is 0 Å². The van der Waals surface area contributed by atoms with Crippen LogP contribution in [-0.4, -0.2) is 150 Å². The van der Waals surface area contributed by atoms with Crippen molar-refractivity contribution in [2.45, 2.75) is 69.2 Å². The topological polar surface area (TPSA) is 416 Å². The molecule has 0 unspecified atom stereocenters. The van der Waals surface area contributed by atoms with Gasteiger partial charge in [0.2, 0.25) is 0 Å². The lowest BCUT2D eigenvalue weighted by Crippen LogP contribution is -1.80. The largest absolute Gasteiger partial charge is 0.344 e. The van der Waals surface area contributed by atoms with Crippen LogP contribution in [0.1, 0.15) is 56.4 Å². The minimum Gasteiger partial charge on any atom is -0.344 e. The predicted molar refractivity (Wildman–Crippen MR) is 386 cm³/mol. The molecule has 20 aromatic rings. The molecule has 0 fully saturated rings. The summed E-state index contributed by atoms with van der Waals surface area (Å²) in [5.41, 5.74) is 28.5. The van der Waals surface area contributed by atoms with E-state index in [4.69, 9.17) is 0 Å². The van der Waals surface area contributed by atoms with E-state index in [2.05, 4.69) is 150 Å². The van der Waals surface area contributed by atoms with Gasteiger partial charge in [-0.25, -0.2) is 69.8 Å². The van der Waals surface area contributed by atoms with Crippen LogP contribution in [0.4, 0.5) is 0 Å². The van der Waals surface area contributed by atoms with Crippen molar-refractivity contribution in [3.05, 3.63) is 242 Å². The van der Waals surface area contributed by atoms with Gasteiger partial charge in [-0.2, -0.15) is 5.10 Å². The standard InChI is InChI=1S/10C7H7N3/c1-5-2-8-3-6-7(5)10-4-9-6;2*1-5-2-6-7(3-8-5)10-4-9-6;2*1-5-2-6-7(8-3-5)10-4-9-6;1-5-6-4-9-10-7(6)2-3-8-5;1-5-7-6(2-3-8-5)9-4-10-7;1-5-2-3-8-7-6(5)9-4-10-7;2*1-5-2-3-6-7(10-5)9-4-8-6/h3*2-4H,1H3,(H,9,10);2*2-4H,1H3,(H,8,9,10);2*2-4H,1H3,(H,9,10);3*2-4H,1H3,(H,8,9,10). The number of hydrogen-bond acceptors (Lipinski definition) is 20. The zero-order chi connectivity index (χ0) is 69.7. The van der Waals surface area contributed by atoms with Crippen LogP contribution < -0.4 is 0 Å². The Balaban J connectivity index is 0.000000112. The predicted octanol–water partition coefficient (Wildman–Crippen LogP) is 12.7. The van der Waals surface area contributed by atoms with Crippen molar-refractivity contribution >= 4 is 111 Å². The summed E-state index contributed by atoms with van der Waals surface area (Å²) in [6.45, 7) is 19.8. The highest BCUT2D eigenvalue weighted by atomic mass is 15.1. The van der Waals surface area contributed by atoms with Crippen LogP contribution in [0.15, 0.2) is 186 Å². The van der Waals surface area contributed by atoms with E-state index in [0.29, 0.717) is 0 Å². The zero-order valence-corrected chi connectivity index (χ0v) is 56.3. The minimum atomic E-state index is 0.783. The van der Waals surface area contributed by atoms with Crippen LogP contribution in [0, 0.1) is 69.2 Å². The first-order valence-electron chi connectivity index (χ1n) is 31.2. The van der Waals surface area contributed by atoms with Crippen LogP contribution in [0.25, 0.3) is 111 Å². The van der Waals surface area contributed by atoms with E-state index in [9.17, 15) is 0 Å². The third-order valence-electron chi connectivity index (χ3n) is 14.7. The molecule has 0 aliphatic heterocycles. The third kappa shape index (κ3) is 17.9. The van der Waals surface area contributed by atoms with E-state index >= 15 is 0 Å². The molecule has 30 heteroatoms. The molecular weight excluding hydrogens is 1260 g/mol. The first-order chi connectivity index (χ1) is 48.7. The van der Waals surface area contributed by atoms with Crippen molar-refractivity contribution in [2.24, 2.45) is 0 Å². The summed E-state index contributed by atoms with van der Waals surface area (Å²) in [7, 11) is 0. The van der Waals surface area contributed by atoms with Gasteiger partial charge < -0.3 is 44.9 Å². The van der Waals surface area contributed by atoms with E-state index in [1.807, 2.05) is 155 Å². The number of hydrogen-bond donors (Lipinski definition) is 10. The number of fused-ring (bicyclic) bond motifs is 10. The van der Waals surface area contributed by atoms with Crippen molar-refractivity contribution in [3.8, 4) is 0 Å². The van der Waals surface area contributed by atoms with Gasteiger partial charge >= 0.3 is 0 Å². The third-order valence-corrected chi connectivity index (χ3v) is 14.7. The van der Waals surface area contributed by atoms with E-state index < -0.39 is 0 Å². The Labute approximate surface area is 569 Å². The molecule has 0 saturated heterocycles. The molecule has 0 atom stereocenters. The highest BCUT2D eigenvalue weighted by Gasteiger charge is 2.03. The maximum Gasteiger partial charge on any atom is 0.177 e. The van der Waals surface area contributed by atoms with E-state index in [1.54, 1.807) is 100 Å². The first kappa shape index (κ1) is 67.6. The van der Waals surface area contributed by atoms with Crippen molar-refractivity contribution in [2.75, 3.05) is 0 Å². The maximum atomic E-state index is 4.19. The van der Waals surface area contributed by atoms with Crippen molar-refractivity contribution in [1.82, 2.24) is 150 Å². The average molecular weight is 1330 g/mol. The molecule has 30 nitrogen and oxygen atoms in total. The van der Waals surface area contributed by atoms with Gasteiger partial charge in [-0.3, -0.25) is 30.0 Å². The highest BCUT2D eigenvalue weighted by Crippen LogP contribution is 2.15. The number of aromatic amines is 10. The lowest BCUT2D eigenvalue weighted by Gasteiger charge is -1.90. The quantitative estimate of drug-likeness (QED) is 0.0674. The van der Waals surface area contributed by atoms with Crippen LogP contribution in [-0.2, 0) is 0 Å². The summed E-state index contributed by atoms with van der Waals surface area (Å²) in [5, 5.41) is 7.87. The number of aryl methyl sites for hydroxylation is 10. The number of nitrogens with one attached hydrogen (secondary N) is 10. The van der Waals surface area contributed by atoms with Crippen molar-refractivity contribution in [3.63, 3.8) is 0 Å². The second-order valence-electron chi connectivity index (χ2n) is 22.4. The Morgan fingerprint density at radius 2 is 0.740 bits per heavy atom. The normalized spacial score (nSPS) is 10.5. The van der Waals surface area contributed by atoms with E-state index in [0.717, 1.165) is 162 Å². The fourth-order valence-corrected chi connectivity index (χ4v) is 9.56. The molecule has 0 aliphatic rings. The SMILES string of the molecule is Cc1cc2nc[nH]c2cn1.Cc1cc2nc[nH]c2cn1.Cc1ccc2[nH]cnc2n1.Cc1ccc2[nH]cnc2n1.Cc1ccnc2nc[nH]c12.Cc1cnc2nc[nH]c2c1.Cc1cnc2nc[nH]c2c1.Cc1cncc2[nH]cnc12.Cc1nccc2[nH]cnc12.Cc1nccc2[nH]ncc12. The molecule has 0 amide bonds. The maximum absolute atomic E-state index is 4.19. The zero-order valence-electron chi connectivity index (χ0n) is 56.3. The Morgan fingerprint density at radius 3 is 1.30 bits per heavy atom. The van der Waals surface area contributed by atoms with E-state index in [1.165, 1.54) is 5.56 Å². The summed E-state index contributed by atoms with van der Waals surface area (Å²) < 4.78 is 0. The minimum absolute atomic E-state index is 0.783. The molecule has 20 heterocycles. The number of imidazole rings is 9. The van der Waals surface area contributed by atoms with Gasteiger partial charge in [0.1, 0.15) is 5.52 Å². The summed E-state index contributed by atoms with van der Waals surface area (Å²) in [5.74, 6) is 0. The molecule has 0 bridgehead atoms. The molecule has 20 rings (SSSR count). The molecule has 500 valence electrons. The molecule has 100 heavy (non-hydrogen) atoms.